The molecule has 5 rings (SSSR count). The Morgan fingerprint density at radius 1 is 1.11 bits per heavy atom. The quantitative estimate of drug-likeness (QED) is 0.184. The molecule has 0 amide bonds. The van der Waals surface area contributed by atoms with Crippen LogP contribution in [0.2, 0.25) is 5.02 Å². The van der Waals surface area contributed by atoms with E-state index in [1.54, 1.807) is 42.5 Å². The summed E-state index contributed by atoms with van der Waals surface area (Å²) in [6, 6.07) is 19.4. The van der Waals surface area contributed by atoms with Crippen LogP contribution in [0.3, 0.4) is 0 Å². The standard InChI is InChI=1S/C29H28ClNO4S/c1-19-13-15-31(18-19)14-4-16-34-21-8-10-22(11-9-21)35-28-24-12-7-20(32)17-26(24)36-29(28)27(33)23-5-2-3-6-25(23)30/h2-3,5-12,17,19,32H,4,13-16,18H2,1H3/t19-/m1/s1. The molecule has 1 saturated heterocycles. The Labute approximate surface area is 219 Å². The molecule has 1 atom stereocenters. The molecule has 36 heavy (non-hydrogen) atoms. The van der Waals surface area contributed by atoms with Crippen molar-refractivity contribution in [2.45, 2.75) is 19.8 Å². The molecule has 1 N–H and O–H groups in total. The number of aromatic hydroxyl groups is 1. The molecule has 5 nitrogen and oxygen atoms in total. The summed E-state index contributed by atoms with van der Waals surface area (Å²) in [6.07, 6.45) is 2.28. The van der Waals surface area contributed by atoms with Gasteiger partial charge in [0.05, 0.1) is 11.6 Å². The fourth-order valence-corrected chi connectivity index (χ4v) is 5.85. The lowest BCUT2D eigenvalue weighted by atomic mass is 10.1. The predicted octanol–water partition coefficient (Wildman–Crippen LogP) is 7.39. The molecule has 0 unspecified atom stereocenters. The zero-order valence-electron chi connectivity index (χ0n) is 20.1. The second-order valence-electron chi connectivity index (χ2n) is 9.22. The van der Waals surface area contributed by atoms with Gasteiger partial charge in [-0.05, 0) is 79.9 Å². The molecule has 2 heterocycles. The summed E-state index contributed by atoms with van der Waals surface area (Å²) in [5.74, 6) is 2.54. The second kappa shape index (κ2) is 10.9. The lowest BCUT2D eigenvalue weighted by Gasteiger charge is -2.15. The third kappa shape index (κ3) is 5.51. The summed E-state index contributed by atoms with van der Waals surface area (Å²) in [5.41, 5.74) is 0.409. The third-order valence-corrected chi connectivity index (χ3v) is 7.85. The van der Waals surface area contributed by atoms with Crippen LogP contribution in [0.4, 0.5) is 0 Å². The van der Waals surface area contributed by atoms with Crippen LogP contribution < -0.4 is 9.47 Å². The number of ketones is 1. The number of rotatable bonds is 9. The van der Waals surface area contributed by atoms with E-state index in [4.69, 9.17) is 21.1 Å². The van der Waals surface area contributed by atoms with Gasteiger partial charge in [0.15, 0.2) is 5.75 Å². The summed E-state index contributed by atoms with van der Waals surface area (Å²) < 4.78 is 12.9. The maximum atomic E-state index is 13.4. The number of likely N-dealkylation sites (tertiary alicyclic amines) is 1. The Kier molecular flexibility index (Phi) is 7.46. The maximum absolute atomic E-state index is 13.4. The highest BCUT2D eigenvalue weighted by atomic mass is 35.5. The zero-order chi connectivity index (χ0) is 25.1. The molecule has 3 aromatic carbocycles. The highest BCUT2D eigenvalue weighted by Crippen LogP contribution is 2.43. The number of phenolic OH excluding ortho intramolecular Hbond substituents is 1. The van der Waals surface area contributed by atoms with Crippen LogP contribution in [-0.4, -0.2) is 42.0 Å². The number of benzene rings is 3. The summed E-state index contributed by atoms with van der Waals surface area (Å²) in [4.78, 5) is 16.3. The molecule has 0 aliphatic carbocycles. The van der Waals surface area contributed by atoms with Crippen molar-refractivity contribution in [1.82, 2.24) is 4.90 Å². The van der Waals surface area contributed by atoms with Crippen LogP contribution >= 0.6 is 22.9 Å². The van der Waals surface area contributed by atoms with Crippen molar-refractivity contribution < 1.29 is 19.4 Å². The average molecular weight is 522 g/mol. The molecule has 0 radical (unpaired) electrons. The fraction of sp³-hybridized carbons (Fsp3) is 0.276. The molecule has 7 heteroatoms. The van der Waals surface area contributed by atoms with E-state index in [0.29, 0.717) is 33.6 Å². The van der Waals surface area contributed by atoms with E-state index in [9.17, 15) is 9.90 Å². The van der Waals surface area contributed by atoms with E-state index in [0.717, 1.165) is 34.7 Å². The highest BCUT2D eigenvalue weighted by molar-refractivity contribution is 7.21. The van der Waals surface area contributed by atoms with Gasteiger partial charge in [0.1, 0.15) is 22.1 Å². The van der Waals surface area contributed by atoms with E-state index < -0.39 is 0 Å². The molecular formula is C29H28ClNO4S. The average Bonchev–Trinajstić information content (AvgIpc) is 3.45. The monoisotopic (exact) mass is 521 g/mol. The summed E-state index contributed by atoms with van der Waals surface area (Å²) in [7, 11) is 0. The van der Waals surface area contributed by atoms with Crippen LogP contribution in [0.15, 0.2) is 66.7 Å². The van der Waals surface area contributed by atoms with Gasteiger partial charge in [0.25, 0.3) is 0 Å². The van der Waals surface area contributed by atoms with Crippen LogP contribution in [0.1, 0.15) is 35.0 Å². The number of thiophene rings is 1. The summed E-state index contributed by atoms with van der Waals surface area (Å²) >= 11 is 7.58. The van der Waals surface area contributed by atoms with Crippen molar-refractivity contribution in [3.63, 3.8) is 0 Å². The van der Waals surface area contributed by atoms with Gasteiger partial charge >= 0.3 is 0 Å². The van der Waals surface area contributed by atoms with E-state index in [1.807, 2.05) is 24.3 Å². The van der Waals surface area contributed by atoms with Gasteiger partial charge in [0, 0.05) is 28.7 Å². The van der Waals surface area contributed by atoms with Gasteiger partial charge < -0.3 is 19.5 Å². The molecule has 186 valence electrons. The third-order valence-electron chi connectivity index (χ3n) is 6.39. The summed E-state index contributed by atoms with van der Waals surface area (Å²) in [6.45, 7) is 6.41. The Hall–Kier alpha value is -3.06. The van der Waals surface area contributed by atoms with Gasteiger partial charge in [0.2, 0.25) is 5.78 Å². The lowest BCUT2D eigenvalue weighted by molar-refractivity contribution is 0.104. The normalized spacial score (nSPS) is 15.9. The first-order valence-electron chi connectivity index (χ1n) is 12.2. The molecule has 1 aromatic heterocycles. The van der Waals surface area contributed by atoms with E-state index in [2.05, 4.69) is 11.8 Å². The van der Waals surface area contributed by atoms with Crippen molar-refractivity contribution in [2.75, 3.05) is 26.2 Å². The van der Waals surface area contributed by atoms with Gasteiger partial charge in [-0.25, -0.2) is 0 Å². The van der Waals surface area contributed by atoms with Gasteiger partial charge in [-0.3, -0.25) is 4.79 Å². The minimum absolute atomic E-state index is 0.132. The number of carbonyl (C=O) groups is 1. The van der Waals surface area contributed by atoms with E-state index in [1.165, 1.54) is 30.8 Å². The van der Waals surface area contributed by atoms with Crippen LogP contribution in [0, 0.1) is 5.92 Å². The van der Waals surface area contributed by atoms with Crippen molar-refractivity contribution in [2.24, 2.45) is 5.92 Å². The summed E-state index contributed by atoms with van der Waals surface area (Å²) in [5, 5.41) is 11.1. The second-order valence-corrected chi connectivity index (χ2v) is 10.7. The maximum Gasteiger partial charge on any atom is 0.208 e. The molecule has 0 spiro atoms. The largest absolute Gasteiger partial charge is 0.508 e. The van der Waals surface area contributed by atoms with Gasteiger partial charge in [-0.1, -0.05) is 30.7 Å². The Bertz CT molecular complexity index is 1370. The number of hydrogen-bond acceptors (Lipinski definition) is 6. The molecule has 1 fully saturated rings. The van der Waals surface area contributed by atoms with E-state index >= 15 is 0 Å². The first kappa shape index (κ1) is 24.6. The number of nitrogens with zero attached hydrogens (tertiary/aromatic N) is 1. The number of hydrogen-bond donors (Lipinski definition) is 1. The van der Waals surface area contributed by atoms with Crippen LogP contribution in [0.5, 0.6) is 23.0 Å². The van der Waals surface area contributed by atoms with Gasteiger partial charge in [-0.2, -0.15) is 0 Å². The Morgan fingerprint density at radius 3 is 2.64 bits per heavy atom. The van der Waals surface area contributed by atoms with Gasteiger partial charge in [-0.15, -0.1) is 11.3 Å². The number of ether oxygens (including phenoxy) is 2. The number of phenols is 1. The SMILES string of the molecule is C[C@@H]1CCN(CCCOc2ccc(Oc3c(C(=O)c4ccccc4Cl)sc4cc(O)ccc34)cc2)C1. The Morgan fingerprint density at radius 2 is 1.89 bits per heavy atom. The minimum atomic E-state index is -0.219. The van der Waals surface area contributed by atoms with Crippen LogP contribution in [-0.2, 0) is 0 Å². The molecule has 4 aromatic rings. The minimum Gasteiger partial charge on any atom is -0.508 e. The molecule has 1 aliphatic rings. The Balaban J connectivity index is 1.31. The number of halogens is 1. The highest BCUT2D eigenvalue weighted by Gasteiger charge is 2.24. The van der Waals surface area contributed by atoms with Crippen molar-refractivity contribution in [3.8, 4) is 23.0 Å². The molecule has 0 saturated carbocycles. The first-order chi connectivity index (χ1) is 17.5. The van der Waals surface area contributed by atoms with E-state index in [-0.39, 0.29) is 11.5 Å². The topological polar surface area (TPSA) is 59.0 Å². The fourth-order valence-electron chi connectivity index (χ4n) is 4.51. The van der Waals surface area contributed by atoms with Crippen molar-refractivity contribution in [3.05, 3.63) is 82.2 Å². The first-order valence-corrected chi connectivity index (χ1v) is 13.3. The smallest absolute Gasteiger partial charge is 0.208 e. The number of fused-ring (bicyclic) bond motifs is 1. The molecule has 0 bridgehead atoms. The zero-order valence-corrected chi connectivity index (χ0v) is 21.6. The van der Waals surface area contributed by atoms with Crippen molar-refractivity contribution >= 4 is 38.8 Å². The lowest BCUT2D eigenvalue weighted by Crippen LogP contribution is -2.22. The molecular weight excluding hydrogens is 494 g/mol. The predicted molar refractivity (Wildman–Crippen MR) is 145 cm³/mol. The molecule has 1 aliphatic heterocycles. The van der Waals surface area contributed by atoms with Crippen molar-refractivity contribution in [1.29, 1.82) is 0 Å². The number of carbonyl (C=O) groups excluding carboxylic acids is 1. The van der Waals surface area contributed by atoms with Crippen LogP contribution in [0.25, 0.3) is 10.1 Å².